The van der Waals surface area contributed by atoms with E-state index in [1.54, 1.807) is 0 Å². The van der Waals surface area contributed by atoms with Crippen LogP contribution in [0.1, 0.15) is 6.92 Å². The normalized spacial score (nSPS) is 12.0. The highest BCUT2D eigenvalue weighted by Crippen LogP contribution is 1.57. The highest BCUT2D eigenvalue weighted by Gasteiger charge is 2.04. The van der Waals surface area contributed by atoms with Crippen LogP contribution in [0.5, 0.6) is 0 Å². The Hall–Kier alpha value is -0.200. The zero-order valence-corrected chi connectivity index (χ0v) is 4.39. The van der Waals surface area contributed by atoms with Crippen LogP contribution in [0.15, 0.2) is 0 Å². The molecule has 0 unspecified atom stereocenters. The predicted octanol–water partition coefficient (Wildman–Crippen LogP) is -2.05. The van der Waals surface area contributed by atoms with Gasteiger partial charge in [0, 0.05) is 6.54 Å². The van der Waals surface area contributed by atoms with Crippen molar-refractivity contribution < 1.29 is 4.92 Å². The maximum atomic E-state index is 5.03. The number of quaternary nitrogens is 1. The van der Waals surface area contributed by atoms with Crippen LogP contribution in [0.2, 0.25) is 0 Å². The van der Waals surface area contributed by atoms with Crippen molar-refractivity contribution in [3.8, 4) is 0 Å². The fourth-order valence-electron chi connectivity index (χ4n) is 0.274. The van der Waals surface area contributed by atoms with Gasteiger partial charge < -0.3 is 0 Å². The van der Waals surface area contributed by atoms with Gasteiger partial charge in [0.15, 0.2) is 0 Å². The quantitative estimate of drug-likeness (QED) is 0.185. The van der Waals surface area contributed by atoms with Gasteiger partial charge >= 0.3 is 0 Å². The fourth-order valence-corrected chi connectivity index (χ4v) is 0.274. The molecule has 7 N–H and O–H groups in total. The molecule has 7 heavy (non-hydrogen) atoms. The van der Waals surface area contributed by atoms with Crippen LogP contribution in [-0.4, -0.2) is 11.5 Å². The van der Waals surface area contributed by atoms with E-state index in [1.165, 1.54) is 0 Å². The highest BCUT2D eigenvalue weighted by atomic mass is 16.0. The first-order chi connectivity index (χ1) is 3.06. The van der Waals surface area contributed by atoms with Crippen molar-refractivity contribution in [2.24, 2.45) is 17.5 Å². The van der Waals surface area contributed by atoms with Crippen LogP contribution >= 0.6 is 0 Å². The zero-order valence-electron chi connectivity index (χ0n) is 4.39. The van der Waals surface area contributed by atoms with Crippen molar-refractivity contribution in [1.82, 2.24) is 5.43 Å². The first kappa shape index (κ1) is 6.80. The van der Waals surface area contributed by atoms with E-state index in [-0.39, 0.29) is 0 Å². The van der Waals surface area contributed by atoms with E-state index in [4.69, 9.17) is 17.5 Å². The largest absolute Gasteiger partial charge is 0.121 e. The molecule has 0 aliphatic carbocycles. The third-order valence-corrected chi connectivity index (χ3v) is 0.432. The van der Waals surface area contributed by atoms with Crippen molar-refractivity contribution in [2.45, 2.75) is 6.92 Å². The van der Waals surface area contributed by atoms with Gasteiger partial charge in [-0.05, 0) is 11.8 Å². The Kier molecular flexibility index (Phi) is 2.13. The second kappa shape index (κ2) is 2.20. The Morgan fingerprint density at radius 2 is 1.86 bits per heavy atom. The van der Waals surface area contributed by atoms with Crippen LogP contribution in [0.4, 0.5) is 0 Å². The average Bonchev–Trinajstić information content (AvgIpc) is 1.30. The van der Waals surface area contributed by atoms with E-state index in [0.29, 0.717) is 6.54 Å². The topological polar surface area (TPSA) is 90.1 Å². The summed E-state index contributed by atoms with van der Waals surface area (Å²) in [5.74, 6) is 15.1. The number of hydrogen-bond acceptors (Lipinski definition) is 4. The maximum Gasteiger partial charge on any atom is 0.0480 e. The maximum absolute atomic E-state index is 5.03. The van der Waals surface area contributed by atoms with Crippen LogP contribution in [0, 0.1) is 0 Å². The molecule has 0 bridgehead atoms. The van der Waals surface area contributed by atoms with Crippen LogP contribution in [-0.2, 0) is 0 Å². The molecule has 0 spiro atoms. The van der Waals surface area contributed by atoms with Gasteiger partial charge in [0.1, 0.15) is 0 Å². The summed E-state index contributed by atoms with van der Waals surface area (Å²) in [7, 11) is 0. The molecule has 0 aromatic heterocycles. The number of nitrogens with two attached hydrogens (primary N) is 3. The third-order valence-electron chi connectivity index (χ3n) is 0.432. The van der Waals surface area contributed by atoms with Gasteiger partial charge in [-0.1, -0.05) is 0 Å². The molecule has 0 aromatic rings. The van der Waals surface area contributed by atoms with E-state index in [1.807, 2.05) is 6.92 Å². The summed E-state index contributed by atoms with van der Waals surface area (Å²) in [5, 5.41) is 0. The number of rotatable bonds is 2. The van der Waals surface area contributed by atoms with Gasteiger partial charge in [0.25, 0.3) is 0 Å². The third kappa shape index (κ3) is 5.80. The lowest BCUT2D eigenvalue weighted by molar-refractivity contribution is -1.00. The second-order valence-corrected chi connectivity index (χ2v) is 1.35. The highest BCUT2D eigenvalue weighted by molar-refractivity contribution is 4.08. The molecule has 5 nitrogen and oxygen atoms in total. The molecule has 44 valence electrons. The van der Waals surface area contributed by atoms with Crippen molar-refractivity contribution in [3.63, 3.8) is 0 Å². The number of nitrogens with one attached hydrogen (secondary N) is 1. The van der Waals surface area contributed by atoms with Gasteiger partial charge in [-0.2, -0.15) is 0 Å². The van der Waals surface area contributed by atoms with E-state index in [0.717, 1.165) is 0 Å². The Morgan fingerprint density at radius 1 is 1.43 bits per heavy atom. The summed E-state index contributed by atoms with van der Waals surface area (Å²) in [6, 6.07) is 0. The van der Waals surface area contributed by atoms with Gasteiger partial charge in [-0.15, -0.1) is 23.0 Å². The molecule has 0 saturated carbocycles. The van der Waals surface area contributed by atoms with Crippen LogP contribution in [0.3, 0.4) is 0 Å². The molecule has 0 aliphatic rings. The number of nitrogens with zero attached hydrogens (tertiary/aromatic N) is 1. The minimum absolute atomic E-state index is 0.656. The molecular weight excluding hydrogens is 94.1 g/mol. The standard InChI is InChI=1S/C2H12N5/c1-2-6-7(3,4)5/h6H,2-5H2,1H3/q+1. The lowest BCUT2D eigenvalue weighted by Crippen LogP contribution is -2.73. The summed E-state index contributed by atoms with van der Waals surface area (Å²) >= 11 is 0. The Labute approximate surface area is 42.5 Å². The minimum atomic E-state index is -0.656. The summed E-state index contributed by atoms with van der Waals surface area (Å²) in [5.41, 5.74) is 2.56. The molecule has 0 rings (SSSR count). The lowest BCUT2D eigenvalue weighted by atomic mass is 10.8. The predicted molar refractivity (Wildman–Crippen MR) is 26.5 cm³/mol. The van der Waals surface area contributed by atoms with Crippen LogP contribution < -0.4 is 23.0 Å². The molecule has 0 heterocycles. The molecule has 0 atom stereocenters. The molecule has 5 heteroatoms. The molecule has 0 aromatic carbocycles. The van der Waals surface area contributed by atoms with Crippen molar-refractivity contribution in [2.75, 3.05) is 6.54 Å². The molecular formula is C2H12N5+. The molecule has 0 radical (unpaired) electrons. The van der Waals surface area contributed by atoms with Gasteiger partial charge in [-0.3, -0.25) is 0 Å². The molecule has 0 saturated heterocycles. The fraction of sp³-hybridized carbons (Fsp3) is 1.00. The van der Waals surface area contributed by atoms with Crippen molar-refractivity contribution in [3.05, 3.63) is 0 Å². The van der Waals surface area contributed by atoms with Gasteiger partial charge in [0.05, 0.1) is 0 Å². The molecule has 0 fully saturated rings. The average molecular weight is 106 g/mol. The van der Waals surface area contributed by atoms with E-state index < -0.39 is 4.92 Å². The van der Waals surface area contributed by atoms with E-state index in [9.17, 15) is 0 Å². The monoisotopic (exact) mass is 106 g/mol. The summed E-state index contributed by atoms with van der Waals surface area (Å²) < 4.78 is 0. The Morgan fingerprint density at radius 3 is 1.86 bits per heavy atom. The second-order valence-electron chi connectivity index (χ2n) is 1.35. The Balaban J connectivity index is 3.15. The number of hydrogen-bond donors (Lipinski definition) is 4. The van der Waals surface area contributed by atoms with E-state index in [2.05, 4.69) is 5.43 Å². The summed E-state index contributed by atoms with van der Waals surface area (Å²) in [6.45, 7) is 2.52. The first-order valence-electron chi connectivity index (χ1n) is 2.06. The minimum Gasteiger partial charge on any atom is -0.121 e. The smallest absolute Gasteiger partial charge is 0.0480 e. The summed E-state index contributed by atoms with van der Waals surface area (Å²) in [4.78, 5) is -0.656. The molecule has 0 amide bonds. The first-order valence-corrected chi connectivity index (χ1v) is 2.06. The Bertz CT molecular complexity index is 44.5. The molecule has 0 aliphatic heterocycles. The lowest BCUT2D eigenvalue weighted by Gasteiger charge is -2.17. The van der Waals surface area contributed by atoms with E-state index >= 15 is 0 Å². The SMILES string of the molecule is CCN[N+](N)(N)N. The summed E-state index contributed by atoms with van der Waals surface area (Å²) in [6.07, 6.45) is 0. The zero-order chi connectivity index (χ0) is 5.91. The van der Waals surface area contributed by atoms with Crippen LogP contribution in [0.25, 0.3) is 0 Å². The van der Waals surface area contributed by atoms with Gasteiger partial charge in [-0.25, -0.2) is 0 Å². The van der Waals surface area contributed by atoms with Crippen molar-refractivity contribution >= 4 is 0 Å². The van der Waals surface area contributed by atoms with Gasteiger partial charge in [0.2, 0.25) is 0 Å². The van der Waals surface area contributed by atoms with Crippen molar-refractivity contribution in [1.29, 1.82) is 0 Å².